The number of carbonyl (C=O) groups is 1. The van der Waals surface area contributed by atoms with Crippen LogP contribution < -0.4 is 5.73 Å². The van der Waals surface area contributed by atoms with Crippen LogP contribution in [0.25, 0.3) is 0 Å². The maximum Gasteiger partial charge on any atom is 0.410 e. The average Bonchev–Trinajstić information content (AvgIpc) is 2.15. The highest BCUT2D eigenvalue weighted by Crippen LogP contribution is 2.14. The second kappa shape index (κ2) is 6.74. The average molecular weight is 230 g/mol. The number of hydrogen-bond acceptors (Lipinski definition) is 3. The molecular weight excluding hydrogens is 204 g/mol. The van der Waals surface area contributed by atoms with E-state index in [1.807, 2.05) is 20.8 Å². The fourth-order valence-corrected chi connectivity index (χ4v) is 1.61. The SMILES string of the molecule is CCC(CC)N(CCN)C(=O)OC(C)(C)C. The first-order chi connectivity index (χ1) is 7.35. The Morgan fingerprint density at radius 3 is 2.12 bits per heavy atom. The van der Waals surface area contributed by atoms with E-state index in [4.69, 9.17) is 10.5 Å². The molecule has 0 unspecified atom stereocenters. The van der Waals surface area contributed by atoms with Crippen molar-refractivity contribution in [1.82, 2.24) is 4.90 Å². The van der Waals surface area contributed by atoms with Gasteiger partial charge in [0.05, 0.1) is 0 Å². The van der Waals surface area contributed by atoms with Gasteiger partial charge in [0, 0.05) is 19.1 Å². The number of amides is 1. The molecule has 16 heavy (non-hydrogen) atoms. The van der Waals surface area contributed by atoms with Crippen molar-refractivity contribution in [2.45, 2.75) is 59.1 Å². The summed E-state index contributed by atoms with van der Waals surface area (Å²) in [6.45, 7) is 10.8. The highest BCUT2D eigenvalue weighted by atomic mass is 16.6. The summed E-state index contributed by atoms with van der Waals surface area (Å²) in [5.74, 6) is 0. The Kier molecular flexibility index (Phi) is 6.41. The van der Waals surface area contributed by atoms with E-state index in [9.17, 15) is 4.79 Å². The molecule has 0 fully saturated rings. The summed E-state index contributed by atoms with van der Waals surface area (Å²) in [5, 5.41) is 0. The summed E-state index contributed by atoms with van der Waals surface area (Å²) in [6, 6.07) is 0.221. The van der Waals surface area contributed by atoms with Crippen molar-refractivity contribution >= 4 is 6.09 Å². The van der Waals surface area contributed by atoms with Gasteiger partial charge in [0.1, 0.15) is 5.60 Å². The van der Waals surface area contributed by atoms with Gasteiger partial charge in [-0.05, 0) is 33.6 Å². The Hall–Kier alpha value is -0.770. The smallest absolute Gasteiger partial charge is 0.410 e. The van der Waals surface area contributed by atoms with Gasteiger partial charge in [0.2, 0.25) is 0 Å². The van der Waals surface area contributed by atoms with Crippen LogP contribution in [0.15, 0.2) is 0 Å². The van der Waals surface area contributed by atoms with Crippen molar-refractivity contribution in [3.8, 4) is 0 Å². The van der Waals surface area contributed by atoms with Gasteiger partial charge >= 0.3 is 6.09 Å². The van der Waals surface area contributed by atoms with Crippen molar-refractivity contribution in [3.05, 3.63) is 0 Å². The predicted octanol–water partition coefficient (Wildman–Crippen LogP) is 2.37. The van der Waals surface area contributed by atoms with Gasteiger partial charge in [0.25, 0.3) is 0 Å². The van der Waals surface area contributed by atoms with E-state index in [2.05, 4.69) is 13.8 Å². The summed E-state index contributed by atoms with van der Waals surface area (Å²) in [4.78, 5) is 13.7. The second-order valence-corrected chi connectivity index (χ2v) is 4.93. The van der Waals surface area contributed by atoms with Gasteiger partial charge in [-0.2, -0.15) is 0 Å². The van der Waals surface area contributed by atoms with Crippen LogP contribution in [0, 0.1) is 0 Å². The molecule has 0 bridgehead atoms. The van der Waals surface area contributed by atoms with E-state index in [1.54, 1.807) is 4.90 Å². The highest BCUT2D eigenvalue weighted by Gasteiger charge is 2.25. The zero-order chi connectivity index (χ0) is 12.8. The lowest BCUT2D eigenvalue weighted by Crippen LogP contribution is -2.45. The molecule has 0 aliphatic rings. The Labute approximate surface area is 99.1 Å². The molecule has 0 aromatic carbocycles. The molecule has 0 aromatic rings. The van der Waals surface area contributed by atoms with Crippen LogP contribution >= 0.6 is 0 Å². The zero-order valence-corrected chi connectivity index (χ0v) is 11.2. The number of nitrogens with zero attached hydrogens (tertiary/aromatic N) is 1. The van der Waals surface area contributed by atoms with Gasteiger partial charge in [-0.1, -0.05) is 13.8 Å². The van der Waals surface area contributed by atoms with Crippen LogP contribution in [0.5, 0.6) is 0 Å². The van der Waals surface area contributed by atoms with Gasteiger partial charge in [-0.3, -0.25) is 0 Å². The standard InChI is InChI=1S/C12H26N2O2/c1-6-10(7-2)14(9-8-13)11(15)16-12(3,4)5/h10H,6-9,13H2,1-5H3. The molecule has 0 aromatic heterocycles. The first kappa shape index (κ1) is 15.2. The summed E-state index contributed by atoms with van der Waals surface area (Å²) < 4.78 is 5.37. The molecule has 0 rings (SSSR count). The van der Waals surface area contributed by atoms with Gasteiger partial charge < -0.3 is 15.4 Å². The maximum atomic E-state index is 12.0. The molecule has 0 saturated heterocycles. The molecule has 0 aliphatic heterocycles. The maximum absolute atomic E-state index is 12.0. The molecule has 0 aliphatic carbocycles. The topological polar surface area (TPSA) is 55.6 Å². The molecule has 4 heteroatoms. The van der Waals surface area contributed by atoms with Crippen LogP contribution in [0.4, 0.5) is 4.79 Å². The largest absolute Gasteiger partial charge is 0.444 e. The lowest BCUT2D eigenvalue weighted by Gasteiger charge is -2.32. The van der Waals surface area contributed by atoms with E-state index in [0.717, 1.165) is 12.8 Å². The van der Waals surface area contributed by atoms with E-state index in [-0.39, 0.29) is 12.1 Å². The Morgan fingerprint density at radius 1 is 1.31 bits per heavy atom. The fourth-order valence-electron chi connectivity index (χ4n) is 1.61. The van der Waals surface area contributed by atoms with E-state index >= 15 is 0 Å². The minimum absolute atomic E-state index is 0.221. The van der Waals surface area contributed by atoms with Crippen molar-refractivity contribution in [1.29, 1.82) is 0 Å². The van der Waals surface area contributed by atoms with Crippen LogP contribution in [0.2, 0.25) is 0 Å². The van der Waals surface area contributed by atoms with Crippen molar-refractivity contribution < 1.29 is 9.53 Å². The van der Waals surface area contributed by atoms with E-state index in [1.165, 1.54) is 0 Å². The third-order valence-corrected chi connectivity index (χ3v) is 2.38. The van der Waals surface area contributed by atoms with Crippen molar-refractivity contribution in [3.63, 3.8) is 0 Å². The molecular formula is C12H26N2O2. The second-order valence-electron chi connectivity index (χ2n) is 4.93. The molecule has 4 nitrogen and oxygen atoms in total. The summed E-state index contributed by atoms with van der Waals surface area (Å²) >= 11 is 0. The van der Waals surface area contributed by atoms with Gasteiger partial charge in [-0.15, -0.1) is 0 Å². The fraction of sp³-hybridized carbons (Fsp3) is 0.917. The third-order valence-electron chi connectivity index (χ3n) is 2.38. The zero-order valence-electron chi connectivity index (χ0n) is 11.2. The number of ether oxygens (including phenoxy) is 1. The monoisotopic (exact) mass is 230 g/mol. The quantitative estimate of drug-likeness (QED) is 0.789. The normalized spacial score (nSPS) is 11.7. The minimum atomic E-state index is -0.448. The molecule has 96 valence electrons. The summed E-state index contributed by atoms with van der Waals surface area (Å²) in [7, 11) is 0. The van der Waals surface area contributed by atoms with Gasteiger partial charge in [0.15, 0.2) is 0 Å². The number of rotatable bonds is 5. The molecule has 0 spiro atoms. The lowest BCUT2D eigenvalue weighted by atomic mass is 10.1. The van der Waals surface area contributed by atoms with Gasteiger partial charge in [-0.25, -0.2) is 4.79 Å². The molecule has 0 heterocycles. The van der Waals surface area contributed by atoms with Crippen molar-refractivity contribution in [2.24, 2.45) is 5.73 Å². The Bertz CT molecular complexity index is 208. The number of carbonyl (C=O) groups excluding carboxylic acids is 1. The molecule has 0 saturated carbocycles. The molecule has 1 amide bonds. The third kappa shape index (κ3) is 5.35. The van der Waals surface area contributed by atoms with Crippen LogP contribution in [0.3, 0.4) is 0 Å². The van der Waals surface area contributed by atoms with Crippen LogP contribution in [-0.4, -0.2) is 35.7 Å². The number of nitrogens with two attached hydrogens (primary N) is 1. The summed E-state index contributed by atoms with van der Waals surface area (Å²) in [5.41, 5.74) is 5.08. The first-order valence-electron chi connectivity index (χ1n) is 6.05. The Balaban J connectivity index is 4.57. The number of hydrogen-bond donors (Lipinski definition) is 1. The first-order valence-corrected chi connectivity index (χ1v) is 6.05. The molecule has 0 radical (unpaired) electrons. The predicted molar refractivity (Wildman–Crippen MR) is 66.4 cm³/mol. The Morgan fingerprint density at radius 2 is 1.81 bits per heavy atom. The van der Waals surface area contributed by atoms with Crippen LogP contribution in [-0.2, 0) is 4.74 Å². The van der Waals surface area contributed by atoms with Crippen molar-refractivity contribution in [2.75, 3.05) is 13.1 Å². The highest BCUT2D eigenvalue weighted by molar-refractivity contribution is 5.68. The molecule has 0 atom stereocenters. The van der Waals surface area contributed by atoms with Crippen LogP contribution in [0.1, 0.15) is 47.5 Å². The van der Waals surface area contributed by atoms with E-state index < -0.39 is 5.60 Å². The lowest BCUT2D eigenvalue weighted by molar-refractivity contribution is 0.0159. The molecule has 2 N–H and O–H groups in total. The summed E-state index contributed by atoms with van der Waals surface area (Å²) in [6.07, 6.45) is 1.59. The minimum Gasteiger partial charge on any atom is -0.444 e. The van der Waals surface area contributed by atoms with E-state index in [0.29, 0.717) is 13.1 Å².